The molecule has 0 N–H and O–H groups in total. The molecule has 0 radical (unpaired) electrons. The molecular formula is C38H37N3O5S. The average molecular weight is 648 g/mol. The highest BCUT2D eigenvalue weighted by Gasteiger charge is 2.35. The van der Waals surface area contributed by atoms with Crippen LogP contribution in [0.5, 0.6) is 11.5 Å². The third kappa shape index (κ3) is 5.72. The van der Waals surface area contributed by atoms with Gasteiger partial charge in [0.2, 0.25) is 0 Å². The van der Waals surface area contributed by atoms with Gasteiger partial charge in [-0.3, -0.25) is 9.36 Å². The zero-order chi connectivity index (χ0) is 33.4. The van der Waals surface area contributed by atoms with E-state index in [1.54, 1.807) is 37.8 Å². The Morgan fingerprint density at radius 3 is 2.34 bits per heavy atom. The molecule has 3 aromatic carbocycles. The van der Waals surface area contributed by atoms with Crippen molar-refractivity contribution in [2.75, 3.05) is 20.8 Å². The molecule has 1 atom stereocenters. The topological polar surface area (TPSA) is 84.1 Å². The largest absolute Gasteiger partial charge is 0.493 e. The lowest BCUT2D eigenvalue weighted by Gasteiger charge is -2.26. The number of hydrogen-bond acceptors (Lipinski definition) is 7. The maximum absolute atomic E-state index is 14.4. The Labute approximate surface area is 277 Å². The van der Waals surface area contributed by atoms with Crippen LogP contribution in [0.2, 0.25) is 0 Å². The van der Waals surface area contributed by atoms with Crippen LogP contribution in [0, 0.1) is 27.7 Å². The molecule has 8 nitrogen and oxygen atoms in total. The molecule has 2 aromatic heterocycles. The number of hydrogen-bond donors (Lipinski definition) is 0. The van der Waals surface area contributed by atoms with Gasteiger partial charge in [-0.2, -0.15) is 0 Å². The van der Waals surface area contributed by atoms with Crippen molar-refractivity contribution in [2.24, 2.45) is 4.99 Å². The molecular weight excluding hydrogens is 611 g/mol. The second kappa shape index (κ2) is 12.9. The maximum atomic E-state index is 14.4. The number of carbonyl (C=O) groups excluding carboxylic acids is 1. The average Bonchev–Trinajstić information content (AvgIpc) is 3.54. The van der Waals surface area contributed by atoms with Gasteiger partial charge in [0, 0.05) is 22.6 Å². The van der Waals surface area contributed by atoms with E-state index < -0.39 is 12.0 Å². The predicted molar refractivity (Wildman–Crippen MR) is 185 cm³/mol. The van der Waals surface area contributed by atoms with Gasteiger partial charge in [-0.1, -0.05) is 53.8 Å². The highest BCUT2D eigenvalue weighted by atomic mass is 32.1. The standard InChI is InChI=1S/C38H37N3O5S/c1-8-46-37(43)33-34(26-12-10-9-11-13-26)39-38-41(35(33)27-15-17-30(44-6)31(20-27)45-7)36(42)32(47-38)21-28-19-24(4)40(25(28)5)29-16-14-22(2)23(3)18-29/h9-21,35H,8H2,1-7H3/b32-21+/t35-/m1/s1. The molecule has 0 spiro atoms. The van der Waals surface area contributed by atoms with Gasteiger partial charge < -0.3 is 18.8 Å². The summed E-state index contributed by atoms with van der Waals surface area (Å²) in [7, 11) is 3.12. The number of esters is 1. The molecule has 47 heavy (non-hydrogen) atoms. The molecule has 0 amide bonds. The number of nitrogens with zero attached hydrogens (tertiary/aromatic N) is 3. The first kappa shape index (κ1) is 31.8. The first-order chi connectivity index (χ1) is 22.7. The van der Waals surface area contributed by atoms with E-state index in [1.165, 1.54) is 22.5 Å². The fraction of sp³-hybridized carbons (Fsp3) is 0.237. The number of methoxy groups -OCH3 is 2. The number of benzene rings is 3. The van der Waals surface area contributed by atoms with Gasteiger partial charge in [-0.15, -0.1) is 0 Å². The lowest BCUT2D eigenvalue weighted by atomic mass is 9.93. The summed E-state index contributed by atoms with van der Waals surface area (Å²) in [6.45, 7) is 10.3. The smallest absolute Gasteiger partial charge is 0.338 e. The molecule has 5 aromatic rings. The third-order valence-electron chi connectivity index (χ3n) is 8.60. The Kier molecular flexibility index (Phi) is 8.75. The number of rotatable bonds is 8. The van der Waals surface area contributed by atoms with Crippen LogP contribution in [-0.2, 0) is 9.53 Å². The number of aryl methyl sites for hydroxylation is 3. The van der Waals surface area contributed by atoms with E-state index in [9.17, 15) is 9.59 Å². The van der Waals surface area contributed by atoms with Gasteiger partial charge in [0.15, 0.2) is 16.3 Å². The monoisotopic (exact) mass is 647 g/mol. The molecule has 9 heteroatoms. The lowest BCUT2D eigenvalue weighted by molar-refractivity contribution is -0.138. The first-order valence-electron chi connectivity index (χ1n) is 15.4. The SMILES string of the molecule is CCOC(=O)C1=C(c2ccccc2)N=c2s/c(=C/c3cc(C)n(-c4ccc(C)c(C)c4)c3C)c(=O)n2[C@@H]1c1ccc(OC)c(OC)c1. The molecule has 0 unspecified atom stereocenters. The Morgan fingerprint density at radius 1 is 0.915 bits per heavy atom. The number of fused-ring (bicyclic) bond motifs is 1. The fourth-order valence-corrected chi connectivity index (χ4v) is 7.11. The Balaban J connectivity index is 1.61. The van der Waals surface area contributed by atoms with Crippen LogP contribution in [0.15, 0.2) is 88.2 Å². The van der Waals surface area contributed by atoms with Crippen molar-refractivity contribution in [3.05, 3.63) is 137 Å². The van der Waals surface area contributed by atoms with Gasteiger partial charge in [-0.25, -0.2) is 9.79 Å². The Hall–Kier alpha value is -5.15. The zero-order valence-corrected chi connectivity index (χ0v) is 28.4. The minimum Gasteiger partial charge on any atom is -0.493 e. The summed E-state index contributed by atoms with van der Waals surface area (Å²) in [4.78, 5) is 33.7. The number of thiazole rings is 1. The van der Waals surface area contributed by atoms with Gasteiger partial charge in [-0.05, 0) is 93.3 Å². The molecule has 1 aliphatic heterocycles. The van der Waals surface area contributed by atoms with Crippen LogP contribution in [0.1, 0.15) is 52.2 Å². The summed E-state index contributed by atoms with van der Waals surface area (Å²) in [6.07, 6.45) is 1.92. The summed E-state index contributed by atoms with van der Waals surface area (Å²) in [5.74, 6) is 0.473. The number of carbonyl (C=O) groups is 1. The van der Waals surface area contributed by atoms with Crippen LogP contribution in [0.25, 0.3) is 17.5 Å². The minimum absolute atomic E-state index is 0.170. The molecule has 0 saturated carbocycles. The highest BCUT2D eigenvalue weighted by molar-refractivity contribution is 7.07. The summed E-state index contributed by atoms with van der Waals surface area (Å²) in [5.41, 5.74) is 8.43. The van der Waals surface area contributed by atoms with E-state index >= 15 is 0 Å². The number of ether oxygens (including phenoxy) is 3. The van der Waals surface area contributed by atoms with E-state index in [0.29, 0.717) is 32.1 Å². The van der Waals surface area contributed by atoms with Crippen molar-refractivity contribution in [1.82, 2.24) is 9.13 Å². The van der Waals surface area contributed by atoms with Gasteiger partial charge in [0.25, 0.3) is 5.56 Å². The quantitative estimate of drug-likeness (QED) is 0.194. The van der Waals surface area contributed by atoms with Crippen LogP contribution < -0.4 is 24.4 Å². The second-order valence-corrected chi connectivity index (χ2v) is 12.5. The van der Waals surface area contributed by atoms with E-state index in [0.717, 1.165) is 28.2 Å². The summed E-state index contributed by atoms with van der Waals surface area (Å²) >= 11 is 1.30. The van der Waals surface area contributed by atoms with Gasteiger partial charge in [0.1, 0.15) is 0 Å². The van der Waals surface area contributed by atoms with Crippen molar-refractivity contribution >= 4 is 29.1 Å². The van der Waals surface area contributed by atoms with Crippen LogP contribution in [-0.4, -0.2) is 35.9 Å². The van der Waals surface area contributed by atoms with Crippen LogP contribution in [0.3, 0.4) is 0 Å². The Morgan fingerprint density at radius 2 is 1.66 bits per heavy atom. The minimum atomic E-state index is -0.828. The molecule has 240 valence electrons. The molecule has 0 aliphatic carbocycles. The molecule has 0 bridgehead atoms. The van der Waals surface area contributed by atoms with Gasteiger partial charge >= 0.3 is 5.97 Å². The van der Waals surface area contributed by atoms with E-state index in [4.69, 9.17) is 19.2 Å². The molecule has 6 rings (SSSR count). The van der Waals surface area contributed by atoms with Crippen molar-refractivity contribution in [1.29, 1.82) is 0 Å². The molecule has 3 heterocycles. The second-order valence-electron chi connectivity index (χ2n) is 11.5. The van der Waals surface area contributed by atoms with Crippen LogP contribution in [0.4, 0.5) is 0 Å². The normalized spacial score (nSPS) is 14.5. The molecule has 0 saturated heterocycles. The summed E-state index contributed by atoms with van der Waals surface area (Å²) in [5, 5.41) is 0. The Bertz CT molecular complexity index is 2220. The molecule has 1 aliphatic rings. The first-order valence-corrected chi connectivity index (χ1v) is 16.2. The maximum Gasteiger partial charge on any atom is 0.338 e. The van der Waals surface area contributed by atoms with Crippen LogP contribution >= 0.6 is 11.3 Å². The van der Waals surface area contributed by atoms with Crippen molar-refractivity contribution in [3.8, 4) is 17.2 Å². The summed E-state index contributed by atoms with van der Waals surface area (Å²) < 4.78 is 21.0. The number of aromatic nitrogens is 2. The van der Waals surface area contributed by atoms with Crippen molar-refractivity contribution in [3.63, 3.8) is 0 Å². The van der Waals surface area contributed by atoms with E-state index in [1.807, 2.05) is 42.5 Å². The zero-order valence-electron chi connectivity index (χ0n) is 27.6. The van der Waals surface area contributed by atoms with Crippen molar-refractivity contribution in [2.45, 2.75) is 40.7 Å². The predicted octanol–water partition coefficient (Wildman–Crippen LogP) is 5.98. The van der Waals surface area contributed by atoms with Crippen molar-refractivity contribution < 1.29 is 19.0 Å². The van der Waals surface area contributed by atoms with E-state index in [2.05, 4.69) is 56.5 Å². The van der Waals surface area contributed by atoms with E-state index in [-0.39, 0.29) is 17.7 Å². The summed E-state index contributed by atoms with van der Waals surface area (Å²) in [6, 6.07) is 22.6. The lowest BCUT2D eigenvalue weighted by Crippen LogP contribution is -2.40. The molecule has 0 fully saturated rings. The van der Waals surface area contributed by atoms with Gasteiger partial charge in [0.05, 0.1) is 42.7 Å². The fourth-order valence-electron chi connectivity index (χ4n) is 6.12. The third-order valence-corrected chi connectivity index (χ3v) is 9.59. The highest BCUT2D eigenvalue weighted by Crippen LogP contribution is 2.38.